The van der Waals surface area contributed by atoms with Crippen molar-refractivity contribution < 1.29 is 22.4 Å². The molecule has 0 saturated heterocycles. The zero-order valence-electron chi connectivity index (χ0n) is 15.5. The number of carbonyl (C=O) groups is 2. The van der Waals surface area contributed by atoms with Crippen molar-refractivity contribution in [1.82, 2.24) is 10.0 Å². The fourth-order valence-corrected chi connectivity index (χ4v) is 3.37. The Kier molecular flexibility index (Phi) is 7.24. The van der Waals surface area contributed by atoms with Gasteiger partial charge in [0.2, 0.25) is 15.9 Å². The van der Waals surface area contributed by atoms with Crippen LogP contribution in [0.4, 0.5) is 10.1 Å². The Morgan fingerprint density at radius 1 is 1.04 bits per heavy atom. The highest BCUT2D eigenvalue weighted by atomic mass is 32.2. The Morgan fingerprint density at radius 2 is 1.68 bits per heavy atom. The minimum Gasteiger partial charge on any atom is -0.350 e. The Labute approximate surface area is 163 Å². The van der Waals surface area contributed by atoms with Crippen molar-refractivity contribution in [3.63, 3.8) is 0 Å². The summed E-state index contributed by atoms with van der Waals surface area (Å²) in [6, 6.07) is 10.8. The van der Waals surface area contributed by atoms with Crippen LogP contribution in [0.1, 0.15) is 30.6 Å². The number of sulfonamides is 1. The van der Waals surface area contributed by atoms with E-state index in [1.807, 2.05) is 13.8 Å². The van der Waals surface area contributed by atoms with Gasteiger partial charge in [-0.1, -0.05) is 12.1 Å². The number of anilines is 1. The molecule has 0 radical (unpaired) electrons. The van der Waals surface area contributed by atoms with Gasteiger partial charge in [-0.15, -0.1) is 0 Å². The summed E-state index contributed by atoms with van der Waals surface area (Å²) in [5.41, 5.74) is 0.656. The number of rotatable bonds is 8. The van der Waals surface area contributed by atoms with Crippen LogP contribution < -0.4 is 15.4 Å². The van der Waals surface area contributed by atoms with Gasteiger partial charge >= 0.3 is 0 Å². The van der Waals surface area contributed by atoms with E-state index < -0.39 is 21.7 Å². The maximum atomic E-state index is 12.9. The summed E-state index contributed by atoms with van der Waals surface area (Å²) < 4.78 is 39.4. The topological polar surface area (TPSA) is 104 Å². The van der Waals surface area contributed by atoms with Crippen LogP contribution in [0.15, 0.2) is 53.4 Å². The molecule has 0 heterocycles. The molecule has 0 atom stereocenters. The number of amides is 2. The van der Waals surface area contributed by atoms with Crippen molar-refractivity contribution in [2.24, 2.45) is 0 Å². The lowest BCUT2D eigenvalue weighted by molar-refractivity contribution is -0.116. The third-order valence-corrected chi connectivity index (χ3v) is 5.11. The highest BCUT2D eigenvalue weighted by molar-refractivity contribution is 7.89. The number of nitrogens with one attached hydrogen (secondary N) is 3. The molecule has 0 aromatic heterocycles. The number of hydrogen-bond donors (Lipinski definition) is 3. The molecule has 3 N–H and O–H groups in total. The molecule has 2 aromatic rings. The molecule has 0 spiro atoms. The molecule has 0 unspecified atom stereocenters. The van der Waals surface area contributed by atoms with E-state index in [4.69, 9.17) is 0 Å². The molecule has 0 bridgehead atoms. The highest BCUT2D eigenvalue weighted by Gasteiger charge is 2.16. The number of hydrogen-bond acceptors (Lipinski definition) is 4. The maximum Gasteiger partial charge on any atom is 0.253 e. The molecular formula is C19H22FN3O4S. The predicted molar refractivity (Wildman–Crippen MR) is 104 cm³/mol. The van der Waals surface area contributed by atoms with Gasteiger partial charge < -0.3 is 10.6 Å². The second kappa shape index (κ2) is 9.43. The van der Waals surface area contributed by atoms with Gasteiger partial charge in [-0.2, -0.15) is 0 Å². The van der Waals surface area contributed by atoms with Crippen molar-refractivity contribution in [1.29, 1.82) is 0 Å². The van der Waals surface area contributed by atoms with Gasteiger partial charge in [0.05, 0.1) is 16.1 Å². The van der Waals surface area contributed by atoms with E-state index in [9.17, 15) is 22.4 Å². The SMILES string of the molecule is CC(C)NC(=O)c1ccccc1NC(=O)CCNS(=O)(=O)c1ccc(F)cc1. The Bertz CT molecular complexity index is 944. The summed E-state index contributed by atoms with van der Waals surface area (Å²) in [4.78, 5) is 24.3. The molecule has 0 aliphatic rings. The normalized spacial score (nSPS) is 11.3. The molecule has 2 aromatic carbocycles. The largest absolute Gasteiger partial charge is 0.350 e. The number of carbonyl (C=O) groups excluding carboxylic acids is 2. The first-order valence-corrected chi connectivity index (χ1v) is 10.1. The van der Waals surface area contributed by atoms with Gasteiger partial charge in [0.15, 0.2) is 0 Å². The van der Waals surface area contributed by atoms with Crippen molar-refractivity contribution in [3.8, 4) is 0 Å². The molecule has 9 heteroatoms. The van der Waals surface area contributed by atoms with E-state index >= 15 is 0 Å². The first kappa shape index (κ1) is 21.5. The quantitative estimate of drug-likeness (QED) is 0.624. The summed E-state index contributed by atoms with van der Waals surface area (Å²) in [6.45, 7) is 3.50. The highest BCUT2D eigenvalue weighted by Crippen LogP contribution is 2.15. The fraction of sp³-hybridized carbons (Fsp3) is 0.263. The number of para-hydroxylation sites is 1. The molecule has 2 rings (SSSR count). The second-order valence-electron chi connectivity index (χ2n) is 6.32. The monoisotopic (exact) mass is 407 g/mol. The van der Waals surface area contributed by atoms with E-state index in [1.165, 1.54) is 0 Å². The zero-order chi connectivity index (χ0) is 20.7. The minimum atomic E-state index is -3.84. The third kappa shape index (κ3) is 6.14. The van der Waals surface area contributed by atoms with Crippen molar-refractivity contribution >= 4 is 27.5 Å². The molecule has 150 valence electrons. The minimum absolute atomic E-state index is 0.0582. The average molecular weight is 407 g/mol. The van der Waals surface area contributed by atoms with E-state index in [0.717, 1.165) is 24.3 Å². The van der Waals surface area contributed by atoms with Crippen LogP contribution in [0.25, 0.3) is 0 Å². The van der Waals surface area contributed by atoms with E-state index in [0.29, 0.717) is 11.3 Å². The molecule has 0 aliphatic heterocycles. The van der Waals surface area contributed by atoms with E-state index in [2.05, 4.69) is 15.4 Å². The van der Waals surface area contributed by atoms with Crippen LogP contribution in [-0.4, -0.2) is 32.8 Å². The van der Waals surface area contributed by atoms with Gasteiger partial charge in [0.25, 0.3) is 5.91 Å². The van der Waals surface area contributed by atoms with Gasteiger partial charge in [0, 0.05) is 19.0 Å². The van der Waals surface area contributed by atoms with Gasteiger partial charge in [-0.3, -0.25) is 9.59 Å². The summed E-state index contributed by atoms with van der Waals surface area (Å²) in [6.07, 6.45) is -0.138. The van der Waals surface area contributed by atoms with Crippen molar-refractivity contribution in [2.75, 3.05) is 11.9 Å². The van der Waals surface area contributed by atoms with E-state index in [1.54, 1.807) is 24.3 Å². The first-order chi connectivity index (χ1) is 13.2. The van der Waals surface area contributed by atoms with Crippen LogP contribution >= 0.6 is 0 Å². The number of halogens is 1. The smallest absolute Gasteiger partial charge is 0.253 e. The molecule has 0 aliphatic carbocycles. The third-order valence-electron chi connectivity index (χ3n) is 3.63. The molecule has 0 saturated carbocycles. The van der Waals surface area contributed by atoms with Crippen LogP contribution in [0, 0.1) is 5.82 Å². The lowest BCUT2D eigenvalue weighted by Gasteiger charge is -2.13. The Hall–Kier alpha value is -2.78. The summed E-state index contributed by atoms with van der Waals surface area (Å²) in [5, 5.41) is 5.36. The fourth-order valence-electron chi connectivity index (χ4n) is 2.34. The second-order valence-corrected chi connectivity index (χ2v) is 8.09. The standard InChI is InChI=1S/C19H22FN3O4S/c1-13(2)22-19(25)16-5-3-4-6-17(16)23-18(24)11-12-21-28(26,27)15-9-7-14(20)8-10-15/h3-10,13,21H,11-12H2,1-2H3,(H,22,25)(H,23,24). The number of benzene rings is 2. The van der Waals surface area contributed by atoms with Crippen molar-refractivity contribution in [3.05, 3.63) is 59.9 Å². The van der Waals surface area contributed by atoms with Crippen LogP contribution in [0.2, 0.25) is 0 Å². The van der Waals surface area contributed by atoms with Gasteiger partial charge in [-0.05, 0) is 50.2 Å². The summed E-state index contributed by atoms with van der Waals surface area (Å²) in [5.74, 6) is -1.31. The van der Waals surface area contributed by atoms with Gasteiger partial charge in [-0.25, -0.2) is 17.5 Å². The molecule has 2 amide bonds. The van der Waals surface area contributed by atoms with Crippen LogP contribution in [0.3, 0.4) is 0 Å². The molecule has 28 heavy (non-hydrogen) atoms. The first-order valence-electron chi connectivity index (χ1n) is 8.64. The lowest BCUT2D eigenvalue weighted by Crippen LogP contribution is -2.31. The van der Waals surface area contributed by atoms with Crippen molar-refractivity contribution in [2.45, 2.75) is 31.2 Å². The summed E-state index contributed by atoms with van der Waals surface area (Å²) in [7, 11) is -3.84. The zero-order valence-corrected chi connectivity index (χ0v) is 16.3. The average Bonchev–Trinajstić information content (AvgIpc) is 2.61. The lowest BCUT2D eigenvalue weighted by atomic mass is 10.1. The predicted octanol–water partition coefficient (Wildman–Crippen LogP) is 2.27. The van der Waals surface area contributed by atoms with Crippen LogP contribution in [-0.2, 0) is 14.8 Å². The Morgan fingerprint density at radius 3 is 2.32 bits per heavy atom. The van der Waals surface area contributed by atoms with E-state index in [-0.39, 0.29) is 29.8 Å². The Balaban J connectivity index is 1.94. The maximum absolute atomic E-state index is 12.9. The molecular weight excluding hydrogens is 385 g/mol. The summed E-state index contributed by atoms with van der Waals surface area (Å²) >= 11 is 0. The van der Waals surface area contributed by atoms with Gasteiger partial charge in [0.1, 0.15) is 5.82 Å². The van der Waals surface area contributed by atoms with Crippen LogP contribution in [0.5, 0.6) is 0 Å². The molecule has 7 nitrogen and oxygen atoms in total. The molecule has 0 fully saturated rings.